The molecule has 1 saturated heterocycles. The molecule has 0 radical (unpaired) electrons. The van der Waals surface area contributed by atoms with Crippen molar-refractivity contribution in [2.45, 2.75) is 65.1 Å². The van der Waals surface area contributed by atoms with E-state index in [4.69, 9.17) is 0 Å². The molecule has 1 aliphatic heterocycles. The summed E-state index contributed by atoms with van der Waals surface area (Å²) in [6, 6.07) is 1.46. The van der Waals surface area contributed by atoms with E-state index in [1.165, 1.54) is 19.4 Å². The predicted octanol–water partition coefficient (Wildman–Crippen LogP) is 1.86. The molecule has 2 N–H and O–H groups in total. The highest BCUT2D eigenvalue weighted by Gasteiger charge is 2.27. The molecule has 2 unspecified atom stereocenters. The lowest BCUT2D eigenvalue weighted by molar-refractivity contribution is 0.173. The number of hydrogen-bond acceptors (Lipinski definition) is 3. The van der Waals surface area contributed by atoms with E-state index in [0.717, 1.165) is 24.9 Å². The topological polar surface area (TPSA) is 35.5 Å². The maximum Gasteiger partial charge on any atom is 0.0585 e. The van der Waals surface area contributed by atoms with Crippen LogP contribution in [0.4, 0.5) is 0 Å². The van der Waals surface area contributed by atoms with E-state index < -0.39 is 0 Å². The predicted molar refractivity (Wildman–Crippen MR) is 73.2 cm³/mol. The Bertz CT molecular complexity index is 206. The molecule has 0 amide bonds. The zero-order chi connectivity index (χ0) is 12.8. The van der Waals surface area contributed by atoms with Crippen molar-refractivity contribution in [1.29, 1.82) is 0 Å². The van der Waals surface area contributed by atoms with E-state index in [1.807, 2.05) is 0 Å². The molecule has 0 bridgehead atoms. The molecule has 1 fully saturated rings. The van der Waals surface area contributed by atoms with Crippen molar-refractivity contribution in [3.05, 3.63) is 0 Å². The van der Waals surface area contributed by atoms with E-state index in [1.54, 1.807) is 0 Å². The molecule has 2 atom stereocenters. The summed E-state index contributed by atoms with van der Waals surface area (Å²) in [6.45, 7) is 11.5. The number of hydrogen-bond donors (Lipinski definition) is 2. The zero-order valence-electron chi connectivity index (χ0n) is 11.9. The molecule has 3 nitrogen and oxygen atoms in total. The van der Waals surface area contributed by atoms with E-state index in [2.05, 4.69) is 37.9 Å². The molecule has 0 spiro atoms. The fourth-order valence-corrected chi connectivity index (χ4v) is 2.90. The minimum Gasteiger partial charge on any atom is -0.395 e. The van der Waals surface area contributed by atoms with Crippen molar-refractivity contribution in [3.8, 4) is 0 Å². The summed E-state index contributed by atoms with van der Waals surface area (Å²) in [6.07, 6.45) is 3.74. The Hall–Kier alpha value is -0.120. The number of rotatable bonds is 7. The first-order valence-corrected chi connectivity index (χ1v) is 7.15. The SMILES string of the molecule is CC(C)NC(CO)CCN1CCCC1C(C)C. The highest BCUT2D eigenvalue weighted by atomic mass is 16.3. The van der Waals surface area contributed by atoms with E-state index >= 15 is 0 Å². The van der Waals surface area contributed by atoms with Crippen LogP contribution in [0.15, 0.2) is 0 Å². The number of nitrogens with zero attached hydrogens (tertiary/aromatic N) is 1. The van der Waals surface area contributed by atoms with Crippen LogP contribution in [0, 0.1) is 5.92 Å². The van der Waals surface area contributed by atoms with Crippen LogP contribution in [0.5, 0.6) is 0 Å². The highest BCUT2D eigenvalue weighted by molar-refractivity contribution is 4.82. The molecule has 0 aromatic heterocycles. The lowest BCUT2D eigenvalue weighted by atomic mass is 10.0. The van der Waals surface area contributed by atoms with Gasteiger partial charge in [0.25, 0.3) is 0 Å². The average Bonchev–Trinajstić information content (AvgIpc) is 2.71. The first kappa shape index (κ1) is 14.9. The maximum atomic E-state index is 9.34. The van der Waals surface area contributed by atoms with Gasteiger partial charge < -0.3 is 15.3 Å². The molecule has 1 rings (SSSR count). The molecule has 0 aromatic rings. The Morgan fingerprint density at radius 3 is 2.53 bits per heavy atom. The number of nitrogens with one attached hydrogen (secondary N) is 1. The first-order valence-electron chi connectivity index (χ1n) is 7.15. The molecule has 17 heavy (non-hydrogen) atoms. The third-order valence-corrected chi connectivity index (χ3v) is 3.74. The Morgan fingerprint density at radius 2 is 2.00 bits per heavy atom. The minimum absolute atomic E-state index is 0.248. The maximum absolute atomic E-state index is 9.34. The second-order valence-corrected chi connectivity index (χ2v) is 5.98. The lowest BCUT2D eigenvalue weighted by Gasteiger charge is -2.29. The van der Waals surface area contributed by atoms with Crippen LogP contribution < -0.4 is 5.32 Å². The van der Waals surface area contributed by atoms with Gasteiger partial charge in [-0.25, -0.2) is 0 Å². The van der Waals surface area contributed by atoms with Gasteiger partial charge in [0.2, 0.25) is 0 Å². The molecule has 0 saturated carbocycles. The van der Waals surface area contributed by atoms with E-state index in [9.17, 15) is 5.11 Å². The largest absolute Gasteiger partial charge is 0.395 e. The van der Waals surface area contributed by atoms with Crippen molar-refractivity contribution in [3.63, 3.8) is 0 Å². The molecule has 102 valence electrons. The summed E-state index contributed by atoms with van der Waals surface area (Å²) in [5.74, 6) is 0.753. The van der Waals surface area contributed by atoms with Crippen molar-refractivity contribution in [2.75, 3.05) is 19.7 Å². The molecule has 0 aliphatic carbocycles. The molecular weight excluding hydrogens is 212 g/mol. The fraction of sp³-hybridized carbons (Fsp3) is 1.00. The molecule has 3 heteroatoms. The van der Waals surface area contributed by atoms with Gasteiger partial charge >= 0.3 is 0 Å². The molecule has 1 aliphatic rings. The highest BCUT2D eigenvalue weighted by Crippen LogP contribution is 2.23. The summed E-state index contributed by atoms with van der Waals surface area (Å²) < 4.78 is 0. The van der Waals surface area contributed by atoms with E-state index in [-0.39, 0.29) is 12.6 Å². The van der Waals surface area contributed by atoms with Crippen LogP contribution in [0.1, 0.15) is 47.0 Å². The van der Waals surface area contributed by atoms with Crippen LogP contribution in [0.25, 0.3) is 0 Å². The van der Waals surface area contributed by atoms with Crippen molar-refractivity contribution in [2.24, 2.45) is 5.92 Å². The summed E-state index contributed by atoms with van der Waals surface area (Å²) in [5, 5.41) is 12.8. The number of aliphatic hydroxyl groups is 1. The molecule has 1 heterocycles. The quantitative estimate of drug-likeness (QED) is 0.715. The number of aliphatic hydroxyl groups excluding tert-OH is 1. The van der Waals surface area contributed by atoms with Crippen molar-refractivity contribution < 1.29 is 5.11 Å². The van der Waals surface area contributed by atoms with Crippen LogP contribution in [-0.4, -0.2) is 47.8 Å². The normalized spacial score (nSPS) is 23.8. The smallest absolute Gasteiger partial charge is 0.0585 e. The summed E-state index contributed by atoms with van der Waals surface area (Å²) >= 11 is 0. The van der Waals surface area contributed by atoms with Crippen LogP contribution in [-0.2, 0) is 0 Å². The fourth-order valence-electron chi connectivity index (χ4n) is 2.90. The van der Waals surface area contributed by atoms with Gasteiger partial charge in [-0.15, -0.1) is 0 Å². The Balaban J connectivity index is 2.32. The Kier molecular flexibility index (Phi) is 6.45. The van der Waals surface area contributed by atoms with E-state index in [0.29, 0.717) is 6.04 Å². The van der Waals surface area contributed by atoms with Gasteiger partial charge in [0.1, 0.15) is 0 Å². The zero-order valence-corrected chi connectivity index (χ0v) is 11.9. The van der Waals surface area contributed by atoms with Gasteiger partial charge in [0, 0.05) is 24.7 Å². The lowest BCUT2D eigenvalue weighted by Crippen LogP contribution is -2.42. The van der Waals surface area contributed by atoms with Crippen molar-refractivity contribution in [1.82, 2.24) is 10.2 Å². The Labute approximate surface area is 107 Å². The number of likely N-dealkylation sites (tertiary alicyclic amines) is 1. The van der Waals surface area contributed by atoms with Crippen LogP contribution in [0.2, 0.25) is 0 Å². The van der Waals surface area contributed by atoms with Gasteiger partial charge in [0.05, 0.1) is 6.61 Å². The van der Waals surface area contributed by atoms with Gasteiger partial charge in [0.15, 0.2) is 0 Å². The molecular formula is C14H30N2O. The third kappa shape index (κ3) is 4.94. The summed E-state index contributed by atoms with van der Waals surface area (Å²) in [5.41, 5.74) is 0. The second kappa shape index (κ2) is 7.34. The van der Waals surface area contributed by atoms with Gasteiger partial charge in [-0.2, -0.15) is 0 Å². The minimum atomic E-state index is 0.248. The summed E-state index contributed by atoms with van der Waals surface area (Å²) in [4.78, 5) is 2.61. The van der Waals surface area contributed by atoms with Gasteiger partial charge in [-0.1, -0.05) is 27.7 Å². The molecule has 0 aromatic carbocycles. The van der Waals surface area contributed by atoms with Crippen molar-refractivity contribution >= 4 is 0 Å². The monoisotopic (exact) mass is 242 g/mol. The second-order valence-electron chi connectivity index (χ2n) is 5.98. The van der Waals surface area contributed by atoms with Crippen LogP contribution in [0.3, 0.4) is 0 Å². The third-order valence-electron chi connectivity index (χ3n) is 3.74. The Morgan fingerprint density at radius 1 is 1.29 bits per heavy atom. The average molecular weight is 242 g/mol. The summed E-state index contributed by atoms with van der Waals surface area (Å²) in [7, 11) is 0. The van der Waals surface area contributed by atoms with Gasteiger partial charge in [-0.05, 0) is 31.7 Å². The first-order chi connectivity index (χ1) is 8.04. The van der Waals surface area contributed by atoms with Crippen LogP contribution >= 0.6 is 0 Å². The standard InChI is InChI=1S/C14H30N2O/c1-11(2)14-6-5-8-16(14)9-7-13(10-17)15-12(3)4/h11-15,17H,5-10H2,1-4H3. The van der Waals surface area contributed by atoms with Gasteiger partial charge in [-0.3, -0.25) is 0 Å².